The first-order valence-corrected chi connectivity index (χ1v) is 11.6. The first-order valence-electron chi connectivity index (χ1n) is 10.8. The van der Waals surface area contributed by atoms with Crippen LogP contribution in [-0.4, -0.2) is 33.2 Å². The number of thiocarbonyl (C=S) groups is 1. The molecule has 0 spiro atoms. The lowest BCUT2D eigenvalue weighted by atomic mass is 9.96. The van der Waals surface area contributed by atoms with Gasteiger partial charge in [-0.05, 0) is 73.9 Å². The molecular weight excluding hydrogens is 440 g/mol. The van der Waals surface area contributed by atoms with Gasteiger partial charge in [-0.15, -0.1) is 0 Å². The van der Waals surface area contributed by atoms with Crippen molar-refractivity contribution in [2.75, 3.05) is 13.7 Å². The van der Waals surface area contributed by atoms with Crippen LogP contribution in [0.2, 0.25) is 5.02 Å². The first kappa shape index (κ1) is 22.6. The topological polar surface area (TPSA) is 42.3 Å². The van der Waals surface area contributed by atoms with Crippen molar-refractivity contribution in [2.24, 2.45) is 5.92 Å². The predicted octanol–water partition coefficient (Wildman–Crippen LogP) is 5.78. The fourth-order valence-corrected chi connectivity index (χ4v) is 5.11. The van der Waals surface area contributed by atoms with Crippen molar-refractivity contribution in [2.45, 2.75) is 39.8 Å². The van der Waals surface area contributed by atoms with E-state index in [2.05, 4.69) is 59.6 Å². The van der Waals surface area contributed by atoms with Gasteiger partial charge in [0.2, 0.25) is 0 Å². The number of methoxy groups -OCH3 is 1. The lowest BCUT2D eigenvalue weighted by Crippen LogP contribution is -2.33. The van der Waals surface area contributed by atoms with Crippen LogP contribution in [0.25, 0.3) is 5.69 Å². The predicted molar refractivity (Wildman–Crippen MR) is 134 cm³/mol. The quantitative estimate of drug-likeness (QED) is 0.464. The van der Waals surface area contributed by atoms with Gasteiger partial charge in [0.1, 0.15) is 5.75 Å². The molecule has 1 saturated heterocycles. The molecule has 0 radical (unpaired) electrons. The highest BCUT2D eigenvalue weighted by Gasteiger charge is 2.41. The second-order valence-electron chi connectivity index (χ2n) is 8.65. The zero-order valence-electron chi connectivity index (χ0n) is 19.1. The summed E-state index contributed by atoms with van der Waals surface area (Å²) >= 11 is 12.1. The van der Waals surface area contributed by atoms with Crippen molar-refractivity contribution < 1.29 is 4.74 Å². The normalized spacial score (nSPS) is 18.3. The molecule has 3 heterocycles. The van der Waals surface area contributed by atoms with Crippen molar-refractivity contribution in [3.05, 3.63) is 76.3 Å². The number of hydrogen-bond acceptors (Lipinski definition) is 3. The number of hydrogen-bond donors (Lipinski definition) is 1. The van der Waals surface area contributed by atoms with Crippen molar-refractivity contribution in [1.29, 1.82) is 0 Å². The molecule has 168 valence electrons. The second kappa shape index (κ2) is 9.12. The average molecular weight is 469 g/mol. The number of nitrogens with zero attached hydrogens (tertiary/aromatic N) is 3. The van der Waals surface area contributed by atoms with Gasteiger partial charge in [-0.1, -0.05) is 31.5 Å². The third kappa shape index (κ3) is 4.09. The molecule has 2 atom stereocenters. The number of ether oxygens (including phenoxy) is 1. The lowest BCUT2D eigenvalue weighted by molar-refractivity contribution is 0.287. The molecule has 1 aliphatic heterocycles. The summed E-state index contributed by atoms with van der Waals surface area (Å²) in [4.78, 5) is 6.95. The van der Waals surface area contributed by atoms with Crippen LogP contribution in [0.3, 0.4) is 0 Å². The molecule has 32 heavy (non-hydrogen) atoms. The Hall–Kier alpha value is -2.57. The van der Waals surface area contributed by atoms with Gasteiger partial charge in [0.25, 0.3) is 0 Å². The van der Waals surface area contributed by atoms with Crippen LogP contribution >= 0.6 is 23.8 Å². The average Bonchev–Trinajstić information content (AvgIpc) is 3.23. The Bertz CT molecular complexity index is 1130. The Morgan fingerprint density at radius 3 is 2.62 bits per heavy atom. The van der Waals surface area contributed by atoms with E-state index in [1.807, 2.05) is 36.5 Å². The van der Waals surface area contributed by atoms with Gasteiger partial charge in [0.15, 0.2) is 5.11 Å². The van der Waals surface area contributed by atoms with Crippen LogP contribution in [0.1, 0.15) is 48.6 Å². The lowest BCUT2D eigenvalue weighted by Gasteiger charge is -2.29. The van der Waals surface area contributed by atoms with E-state index in [1.54, 1.807) is 7.11 Å². The Morgan fingerprint density at radius 2 is 1.97 bits per heavy atom. The van der Waals surface area contributed by atoms with E-state index in [4.69, 9.17) is 28.6 Å². The van der Waals surface area contributed by atoms with Crippen LogP contribution in [0, 0.1) is 19.8 Å². The Balaban J connectivity index is 1.87. The second-order valence-corrected chi connectivity index (χ2v) is 9.47. The van der Waals surface area contributed by atoms with Crippen LogP contribution < -0.4 is 10.1 Å². The molecule has 0 bridgehead atoms. The molecule has 4 rings (SSSR count). The maximum absolute atomic E-state index is 6.35. The summed E-state index contributed by atoms with van der Waals surface area (Å²) in [7, 11) is 1.68. The van der Waals surface area contributed by atoms with E-state index in [9.17, 15) is 0 Å². The summed E-state index contributed by atoms with van der Waals surface area (Å²) in [5, 5.41) is 4.98. The van der Waals surface area contributed by atoms with Gasteiger partial charge in [-0.25, -0.2) is 0 Å². The van der Waals surface area contributed by atoms with Gasteiger partial charge in [0, 0.05) is 29.2 Å². The number of halogens is 1. The highest BCUT2D eigenvalue weighted by Crippen LogP contribution is 2.42. The highest BCUT2D eigenvalue weighted by atomic mass is 35.5. The van der Waals surface area contributed by atoms with E-state index in [0.29, 0.717) is 10.9 Å². The molecule has 0 saturated carbocycles. The highest BCUT2D eigenvalue weighted by molar-refractivity contribution is 7.80. The third-order valence-corrected chi connectivity index (χ3v) is 6.52. The largest absolute Gasteiger partial charge is 0.495 e. The van der Waals surface area contributed by atoms with E-state index in [1.165, 1.54) is 5.56 Å². The van der Waals surface area contributed by atoms with E-state index < -0.39 is 0 Å². The van der Waals surface area contributed by atoms with Crippen LogP contribution in [0.15, 0.2) is 48.7 Å². The maximum Gasteiger partial charge on any atom is 0.170 e. The van der Waals surface area contributed by atoms with Crippen molar-refractivity contribution in [3.63, 3.8) is 0 Å². The Morgan fingerprint density at radius 1 is 1.19 bits per heavy atom. The molecule has 7 heteroatoms. The number of benzene rings is 1. The summed E-state index contributed by atoms with van der Waals surface area (Å²) < 4.78 is 7.86. The summed E-state index contributed by atoms with van der Waals surface area (Å²) in [6, 6.07) is 14.0. The number of aryl methyl sites for hydroxylation is 1. The Kier molecular flexibility index (Phi) is 6.45. The molecule has 1 aliphatic rings. The van der Waals surface area contributed by atoms with Crippen molar-refractivity contribution in [1.82, 2.24) is 19.8 Å². The van der Waals surface area contributed by atoms with Gasteiger partial charge in [-0.2, -0.15) is 0 Å². The summed E-state index contributed by atoms with van der Waals surface area (Å²) in [6.45, 7) is 9.55. The maximum atomic E-state index is 6.35. The SMILES string of the molecule is COc1ccc(Cl)cc1-n1c(C)cc([C@H]2[C@@H](c3ccccn3)NC(=S)N2CC(C)C)c1C. The van der Waals surface area contributed by atoms with Gasteiger partial charge < -0.3 is 19.5 Å². The summed E-state index contributed by atoms with van der Waals surface area (Å²) in [5.41, 5.74) is 5.37. The van der Waals surface area contributed by atoms with E-state index in [-0.39, 0.29) is 12.1 Å². The zero-order valence-corrected chi connectivity index (χ0v) is 20.7. The molecule has 3 aromatic rings. The van der Waals surface area contributed by atoms with Crippen molar-refractivity contribution in [3.8, 4) is 11.4 Å². The smallest absolute Gasteiger partial charge is 0.170 e. The zero-order chi connectivity index (χ0) is 23.0. The van der Waals surface area contributed by atoms with Gasteiger partial charge in [-0.3, -0.25) is 4.98 Å². The van der Waals surface area contributed by atoms with Gasteiger partial charge in [0.05, 0.1) is 30.6 Å². The van der Waals surface area contributed by atoms with E-state index in [0.717, 1.165) is 40.2 Å². The third-order valence-electron chi connectivity index (χ3n) is 5.93. The standard InChI is InChI=1S/C25H29ClN4OS/c1-15(2)14-29-24(23(28-25(29)32)20-8-6-7-11-27-20)19-12-16(3)30(17(19)4)21-13-18(26)9-10-22(21)31-5/h6-13,15,23-24H,14H2,1-5H3,(H,28,32)/t23-,24+/m1/s1. The van der Waals surface area contributed by atoms with Crippen LogP contribution in [-0.2, 0) is 0 Å². The molecule has 1 N–H and O–H groups in total. The van der Waals surface area contributed by atoms with Crippen LogP contribution in [0.4, 0.5) is 0 Å². The number of nitrogens with one attached hydrogen (secondary N) is 1. The number of rotatable bonds is 6. The fraction of sp³-hybridized carbons (Fsp3) is 0.360. The molecule has 5 nitrogen and oxygen atoms in total. The summed E-state index contributed by atoms with van der Waals surface area (Å²) in [6.07, 6.45) is 1.84. The monoisotopic (exact) mass is 468 g/mol. The first-order chi connectivity index (χ1) is 15.3. The molecule has 1 aromatic carbocycles. The minimum absolute atomic E-state index is 0.0299. The minimum Gasteiger partial charge on any atom is -0.495 e. The number of pyridine rings is 1. The molecule has 0 amide bonds. The molecule has 1 fully saturated rings. The van der Waals surface area contributed by atoms with Crippen LogP contribution in [0.5, 0.6) is 5.75 Å². The fourth-order valence-electron chi connectivity index (χ4n) is 4.63. The minimum atomic E-state index is -0.0299. The Labute approximate surface area is 200 Å². The summed E-state index contributed by atoms with van der Waals surface area (Å²) in [5.74, 6) is 1.25. The molecule has 0 unspecified atom stereocenters. The van der Waals surface area contributed by atoms with E-state index >= 15 is 0 Å². The molecule has 2 aromatic heterocycles. The van der Waals surface area contributed by atoms with Crippen molar-refractivity contribution >= 4 is 28.9 Å². The number of aromatic nitrogens is 2. The van der Waals surface area contributed by atoms with Gasteiger partial charge >= 0.3 is 0 Å². The molecule has 0 aliphatic carbocycles. The molecular formula is C25H29ClN4OS.